The van der Waals surface area contributed by atoms with E-state index in [9.17, 15) is 9.59 Å². The van der Waals surface area contributed by atoms with Crippen LogP contribution in [-0.2, 0) is 18.3 Å². The first-order valence-electron chi connectivity index (χ1n) is 9.31. The molecule has 0 N–H and O–H groups in total. The lowest BCUT2D eigenvalue weighted by Gasteiger charge is -2.13. The first-order valence-corrected chi connectivity index (χ1v) is 9.31. The molecule has 152 valence electrons. The standard InChI is InChI=1S/C20H24N6O3/c1-13-12-25-16-17(23(4)20(28)24(18(16)27)10-11-29-5)21-19(25)26(13)15-8-6-14(7-9-15)22(2)3/h6-9,12H,10-11H2,1-5H3. The van der Waals surface area contributed by atoms with Gasteiger partial charge in [-0.3, -0.25) is 22.9 Å². The van der Waals surface area contributed by atoms with Crippen molar-refractivity contribution in [2.45, 2.75) is 13.5 Å². The van der Waals surface area contributed by atoms with Gasteiger partial charge in [0.25, 0.3) is 5.56 Å². The minimum atomic E-state index is -0.404. The smallest absolute Gasteiger partial charge is 0.332 e. The number of fused-ring (bicyclic) bond motifs is 3. The Morgan fingerprint density at radius 1 is 1.14 bits per heavy atom. The Bertz CT molecular complexity index is 1320. The van der Waals surface area contributed by atoms with Gasteiger partial charge in [0.1, 0.15) is 0 Å². The summed E-state index contributed by atoms with van der Waals surface area (Å²) >= 11 is 0. The Kier molecular flexibility index (Phi) is 4.54. The summed E-state index contributed by atoms with van der Waals surface area (Å²) in [6, 6.07) is 8.08. The predicted octanol–water partition coefficient (Wildman–Crippen LogP) is 1.16. The number of hydrogen-bond acceptors (Lipinski definition) is 5. The summed E-state index contributed by atoms with van der Waals surface area (Å²) in [5.41, 5.74) is 2.93. The van der Waals surface area contributed by atoms with Gasteiger partial charge < -0.3 is 9.64 Å². The van der Waals surface area contributed by atoms with Gasteiger partial charge in [0.15, 0.2) is 11.2 Å². The highest BCUT2D eigenvalue weighted by Gasteiger charge is 2.20. The lowest BCUT2D eigenvalue weighted by Crippen LogP contribution is -2.40. The molecule has 0 atom stereocenters. The molecule has 4 rings (SSSR count). The number of aromatic nitrogens is 5. The number of benzene rings is 1. The maximum atomic E-state index is 13.1. The Hall–Kier alpha value is -3.33. The molecule has 0 bridgehead atoms. The highest BCUT2D eigenvalue weighted by Crippen LogP contribution is 2.22. The van der Waals surface area contributed by atoms with Crippen LogP contribution in [0.4, 0.5) is 5.69 Å². The fraction of sp³-hybridized carbons (Fsp3) is 0.350. The second-order valence-corrected chi connectivity index (χ2v) is 7.26. The number of methoxy groups -OCH3 is 1. The van der Waals surface area contributed by atoms with E-state index in [2.05, 4.69) is 4.98 Å². The van der Waals surface area contributed by atoms with Crippen LogP contribution in [0.3, 0.4) is 0 Å². The van der Waals surface area contributed by atoms with Gasteiger partial charge in [-0.1, -0.05) is 0 Å². The SMILES string of the molecule is COCCn1c(=O)c2c(nc3n(-c4ccc(N(C)C)cc4)c(C)cn23)n(C)c1=O. The van der Waals surface area contributed by atoms with Gasteiger partial charge in [-0.2, -0.15) is 4.98 Å². The van der Waals surface area contributed by atoms with E-state index in [4.69, 9.17) is 4.74 Å². The highest BCUT2D eigenvalue weighted by atomic mass is 16.5. The molecule has 0 unspecified atom stereocenters. The van der Waals surface area contributed by atoms with E-state index in [0.717, 1.165) is 17.1 Å². The third kappa shape index (κ3) is 2.85. The van der Waals surface area contributed by atoms with Crippen LogP contribution in [0, 0.1) is 6.92 Å². The van der Waals surface area contributed by atoms with Crippen LogP contribution in [0.1, 0.15) is 5.69 Å². The Labute approximate surface area is 167 Å². The molecule has 9 nitrogen and oxygen atoms in total. The molecule has 0 aliphatic rings. The van der Waals surface area contributed by atoms with Crippen LogP contribution >= 0.6 is 0 Å². The third-order valence-corrected chi connectivity index (χ3v) is 5.17. The number of rotatable bonds is 5. The molecule has 0 spiro atoms. The van der Waals surface area contributed by atoms with Gasteiger partial charge in [-0.25, -0.2) is 4.79 Å². The molecule has 3 aromatic heterocycles. The van der Waals surface area contributed by atoms with Crippen LogP contribution < -0.4 is 16.1 Å². The quantitative estimate of drug-likeness (QED) is 0.506. The fourth-order valence-corrected chi connectivity index (χ4v) is 3.61. The van der Waals surface area contributed by atoms with Crippen LogP contribution in [0.2, 0.25) is 0 Å². The van der Waals surface area contributed by atoms with Gasteiger partial charge in [0.05, 0.1) is 13.2 Å². The third-order valence-electron chi connectivity index (χ3n) is 5.17. The second kappa shape index (κ2) is 6.93. The van der Waals surface area contributed by atoms with Crippen molar-refractivity contribution in [2.24, 2.45) is 7.05 Å². The monoisotopic (exact) mass is 396 g/mol. The molecule has 0 aliphatic carbocycles. The average Bonchev–Trinajstić information content (AvgIpc) is 3.21. The fourth-order valence-electron chi connectivity index (χ4n) is 3.61. The molecule has 0 saturated carbocycles. The molecule has 0 fully saturated rings. The van der Waals surface area contributed by atoms with Crippen molar-refractivity contribution in [3.05, 3.63) is 57.0 Å². The van der Waals surface area contributed by atoms with Crippen molar-refractivity contribution in [1.82, 2.24) is 23.1 Å². The van der Waals surface area contributed by atoms with E-state index in [-0.39, 0.29) is 18.7 Å². The van der Waals surface area contributed by atoms with Crippen LogP contribution in [0.5, 0.6) is 0 Å². The lowest BCUT2D eigenvalue weighted by atomic mass is 10.2. The van der Waals surface area contributed by atoms with Gasteiger partial charge in [0, 0.05) is 51.5 Å². The molecule has 4 aromatic rings. The Morgan fingerprint density at radius 2 is 1.83 bits per heavy atom. The first kappa shape index (κ1) is 19.0. The van der Waals surface area contributed by atoms with Crippen molar-refractivity contribution in [3.8, 4) is 5.69 Å². The highest BCUT2D eigenvalue weighted by molar-refractivity contribution is 5.76. The van der Waals surface area contributed by atoms with E-state index in [1.807, 2.05) is 60.9 Å². The van der Waals surface area contributed by atoms with Crippen molar-refractivity contribution in [3.63, 3.8) is 0 Å². The maximum absolute atomic E-state index is 13.1. The Morgan fingerprint density at radius 3 is 2.45 bits per heavy atom. The van der Waals surface area contributed by atoms with Gasteiger partial charge >= 0.3 is 5.69 Å². The summed E-state index contributed by atoms with van der Waals surface area (Å²) < 4.78 is 11.4. The zero-order valence-corrected chi connectivity index (χ0v) is 17.2. The van der Waals surface area contributed by atoms with E-state index >= 15 is 0 Å². The van der Waals surface area contributed by atoms with Gasteiger partial charge in [-0.15, -0.1) is 0 Å². The van der Waals surface area contributed by atoms with E-state index in [1.54, 1.807) is 11.4 Å². The largest absolute Gasteiger partial charge is 0.383 e. The van der Waals surface area contributed by atoms with Gasteiger partial charge in [0.2, 0.25) is 5.78 Å². The average molecular weight is 396 g/mol. The summed E-state index contributed by atoms with van der Waals surface area (Å²) in [6.07, 6.45) is 1.87. The van der Waals surface area contributed by atoms with Crippen LogP contribution in [0.25, 0.3) is 22.6 Å². The normalized spacial score (nSPS) is 11.6. The number of ether oxygens (including phenoxy) is 1. The summed E-state index contributed by atoms with van der Waals surface area (Å²) in [5, 5.41) is 0. The molecule has 29 heavy (non-hydrogen) atoms. The lowest BCUT2D eigenvalue weighted by molar-refractivity contribution is 0.184. The Balaban J connectivity index is 2.00. The van der Waals surface area contributed by atoms with Crippen LogP contribution in [0.15, 0.2) is 40.1 Å². The number of nitrogens with zero attached hydrogens (tertiary/aromatic N) is 6. The molecule has 9 heteroatoms. The second-order valence-electron chi connectivity index (χ2n) is 7.26. The van der Waals surface area contributed by atoms with E-state index in [1.165, 1.54) is 16.2 Å². The minimum absolute atomic E-state index is 0.191. The zero-order valence-electron chi connectivity index (χ0n) is 17.2. The molecular formula is C20H24N6O3. The molecule has 0 aliphatic heterocycles. The first-order chi connectivity index (χ1) is 13.8. The van der Waals surface area contributed by atoms with Crippen molar-refractivity contribution in [1.29, 1.82) is 0 Å². The topological polar surface area (TPSA) is 78.7 Å². The van der Waals surface area contributed by atoms with Crippen molar-refractivity contribution >= 4 is 22.6 Å². The van der Waals surface area contributed by atoms with Crippen molar-refractivity contribution in [2.75, 3.05) is 32.7 Å². The van der Waals surface area contributed by atoms with Gasteiger partial charge in [-0.05, 0) is 31.2 Å². The zero-order chi connectivity index (χ0) is 20.9. The molecule has 1 aromatic carbocycles. The van der Waals surface area contributed by atoms with E-state index < -0.39 is 5.69 Å². The van der Waals surface area contributed by atoms with Crippen molar-refractivity contribution < 1.29 is 4.74 Å². The number of imidazole rings is 2. The number of anilines is 1. The molecule has 0 saturated heterocycles. The number of hydrogen-bond donors (Lipinski definition) is 0. The minimum Gasteiger partial charge on any atom is -0.383 e. The summed E-state index contributed by atoms with van der Waals surface area (Å²) in [6.45, 7) is 2.43. The molecule has 0 radical (unpaired) electrons. The molecular weight excluding hydrogens is 372 g/mol. The maximum Gasteiger partial charge on any atom is 0.332 e. The van der Waals surface area contributed by atoms with E-state index in [0.29, 0.717) is 16.9 Å². The summed E-state index contributed by atoms with van der Waals surface area (Å²) in [4.78, 5) is 32.4. The number of aryl methyl sites for hydroxylation is 2. The van der Waals surface area contributed by atoms with Crippen LogP contribution in [-0.4, -0.2) is 50.9 Å². The predicted molar refractivity (Wildman–Crippen MR) is 112 cm³/mol. The molecule has 3 heterocycles. The molecule has 0 amide bonds. The summed E-state index contributed by atoms with van der Waals surface area (Å²) in [7, 11) is 7.15. The summed E-state index contributed by atoms with van der Waals surface area (Å²) in [5.74, 6) is 0.590.